The van der Waals surface area contributed by atoms with Gasteiger partial charge in [-0.05, 0) is 24.3 Å². The molecule has 1 N–H and O–H groups in total. The van der Waals surface area contributed by atoms with E-state index in [0.29, 0.717) is 11.1 Å². The highest BCUT2D eigenvalue weighted by Gasteiger charge is 2.76. The van der Waals surface area contributed by atoms with E-state index in [1.54, 1.807) is 0 Å². The highest BCUT2D eigenvalue weighted by molar-refractivity contribution is 6.53. The molecule has 9 nitrogen and oxygen atoms in total. The third-order valence-electron chi connectivity index (χ3n) is 9.11. The molecule has 2 aliphatic heterocycles. The van der Waals surface area contributed by atoms with Gasteiger partial charge in [0.15, 0.2) is 9.75 Å². The SMILES string of the molecule is COc1cc(O)cc(OC)c1[C@H]1C2=CC[C@@H]3C(=O)N(Cc4ccccc4)C(=O)[C@@H]3[C@@H]2C[C@@]2(Cl)C(=O)N(C)C(=O)[C@@]12Cl. The molecule has 3 fully saturated rings. The lowest BCUT2D eigenvalue weighted by Crippen LogP contribution is -2.60. The minimum absolute atomic E-state index is 0.114. The van der Waals surface area contributed by atoms with Gasteiger partial charge in [0.2, 0.25) is 11.8 Å². The van der Waals surface area contributed by atoms with Crippen molar-refractivity contribution in [2.24, 2.45) is 17.8 Å². The van der Waals surface area contributed by atoms with Gasteiger partial charge in [-0.3, -0.25) is 29.0 Å². The van der Waals surface area contributed by atoms with Crippen LogP contribution < -0.4 is 9.47 Å². The molecule has 2 saturated heterocycles. The third kappa shape index (κ3) is 3.61. The Balaban J connectivity index is 1.53. The quantitative estimate of drug-likeness (QED) is 0.318. The number of imide groups is 2. The van der Waals surface area contributed by atoms with Crippen molar-refractivity contribution in [3.05, 3.63) is 65.2 Å². The zero-order valence-electron chi connectivity index (χ0n) is 22.6. The molecule has 0 aromatic heterocycles. The van der Waals surface area contributed by atoms with E-state index >= 15 is 0 Å². The number of allylic oxidation sites excluding steroid dienone is 2. The van der Waals surface area contributed by atoms with Crippen LogP contribution in [0, 0.1) is 17.8 Å². The summed E-state index contributed by atoms with van der Waals surface area (Å²) in [5.74, 6) is -5.00. The molecule has 4 amide bonds. The number of carbonyl (C=O) groups excluding carboxylic acids is 4. The van der Waals surface area contributed by atoms with Crippen LogP contribution in [-0.4, -0.2) is 69.6 Å². The Morgan fingerprint density at radius 3 is 2.20 bits per heavy atom. The van der Waals surface area contributed by atoms with Crippen LogP contribution in [-0.2, 0) is 25.7 Å². The van der Waals surface area contributed by atoms with E-state index in [-0.39, 0.29) is 48.4 Å². The van der Waals surface area contributed by atoms with Crippen molar-refractivity contribution >= 4 is 46.8 Å². The first-order chi connectivity index (χ1) is 19.5. The molecule has 11 heteroatoms. The average molecular weight is 599 g/mol. The number of aromatic hydroxyl groups is 1. The van der Waals surface area contributed by atoms with Crippen LogP contribution in [0.2, 0.25) is 0 Å². The van der Waals surface area contributed by atoms with Gasteiger partial charge in [0, 0.05) is 30.7 Å². The second-order valence-electron chi connectivity index (χ2n) is 11.0. The summed E-state index contributed by atoms with van der Waals surface area (Å²) < 4.78 is 11.2. The lowest BCUT2D eigenvalue weighted by Gasteiger charge is -2.51. The number of benzene rings is 2. The van der Waals surface area contributed by atoms with Crippen molar-refractivity contribution in [3.63, 3.8) is 0 Å². The molecule has 2 aliphatic carbocycles. The van der Waals surface area contributed by atoms with Gasteiger partial charge >= 0.3 is 0 Å². The van der Waals surface area contributed by atoms with Crippen LogP contribution >= 0.6 is 23.2 Å². The fourth-order valence-electron chi connectivity index (χ4n) is 7.26. The lowest BCUT2D eigenvalue weighted by molar-refractivity contribution is -0.141. The number of hydrogen-bond acceptors (Lipinski definition) is 7. The van der Waals surface area contributed by atoms with Gasteiger partial charge in [-0.2, -0.15) is 0 Å². The predicted octanol–water partition coefficient (Wildman–Crippen LogP) is 3.60. The van der Waals surface area contributed by atoms with Crippen molar-refractivity contribution in [3.8, 4) is 17.2 Å². The topological polar surface area (TPSA) is 113 Å². The van der Waals surface area contributed by atoms with Gasteiger partial charge in [-0.1, -0.05) is 42.0 Å². The smallest absolute Gasteiger partial charge is 0.253 e. The van der Waals surface area contributed by atoms with Crippen molar-refractivity contribution in [1.82, 2.24) is 9.80 Å². The predicted molar refractivity (Wildman–Crippen MR) is 149 cm³/mol. The van der Waals surface area contributed by atoms with Gasteiger partial charge in [-0.15, -0.1) is 23.2 Å². The van der Waals surface area contributed by atoms with E-state index in [2.05, 4.69) is 0 Å². The lowest BCUT2D eigenvalue weighted by atomic mass is 9.56. The number of nitrogens with zero attached hydrogens (tertiary/aromatic N) is 2. The number of ether oxygens (including phenoxy) is 2. The fourth-order valence-corrected chi connectivity index (χ4v) is 8.26. The number of likely N-dealkylation sites (tertiary alicyclic amines) is 2. The number of amides is 4. The Kier molecular flexibility index (Phi) is 6.39. The molecule has 6 atom stereocenters. The molecular formula is C30H28Cl2N2O7. The van der Waals surface area contributed by atoms with Crippen LogP contribution in [0.3, 0.4) is 0 Å². The maximum atomic E-state index is 14.0. The first-order valence-electron chi connectivity index (χ1n) is 13.2. The number of hydrogen-bond donors (Lipinski definition) is 1. The van der Waals surface area contributed by atoms with Crippen molar-refractivity contribution in [2.45, 2.75) is 35.1 Å². The standard InChI is InChI=1S/C30H28Cl2N2O7/c1-33-27(38)29(31)13-19-17(9-10-18-22(19)26(37)34(25(18)36)14-15-7-5-4-6-8-15)24(30(29,32)28(33)39)23-20(40-2)11-16(35)12-21(23)41-3/h4-9,11-12,18-19,22,24,35H,10,13-14H2,1-3H3/t18-,19+,22-,24+,29+,30-/m0/s1. The number of halogens is 2. The molecule has 1 saturated carbocycles. The van der Waals surface area contributed by atoms with E-state index in [1.807, 2.05) is 36.4 Å². The van der Waals surface area contributed by atoms with Gasteiger partial charge in [0.1, 0.15) is 17.2 Å². The monoisotopic (exact) mass is 598 g/mol. The first kappa shape index (κ1) is 27.6. The second kappa shape index (κ2) is 9.49. The van der Waals surface area contributed by atoms with Crippen LogP contribution in [0.15, 0.2) is 54.1 Å². The maximum absolute atomic E-state index is 14.0. The Bertz CT molecular complexity index is 1500. The van der Waals surface area contributed by atoms with Gasteiger partial charge in [-0.25, -0.2) is 0 Å². The van der Waals surface area contributed by atoms with E-state index in [9.17, 15) is 24.3 Å². The minimum atomic E-state index is -2.00. The summed E-state index contributed by atoms with van der Waals surface area (Å²) in [6, 6.07) is 12.0. The highest BCUT2D eigenvalue weighted by atomic mass is 35.5. The molecule has 2 aromatic carbocycles. The molecule has 2 heterocycles. The van der Waals surface area contributed by atoms with Gasteiger partial charge < -0.3 is 14.6 Å². The van der Waals surface area contributed by atoms with E-state index in [0.717, 1.165) is 10.5 Å². The second-order valence-corrected chi connectivity index (χ2v) is 12.3. The van der Waals surface area contributed by atoms with Crippen molar-refractivity contribution in [2.75, 3.05) is 21.3 Å². The normalized spacial score (nSPS) is 32.5. The number of alkyl halides is 2. The van der Waals surface area contributed by atoms with Crippen molar-refractivity contribution in [1.29, 1.82) is 0 Å². The summed E-state index contributed by atoms with van der Waals surface area (Å²) in [7, 11) is 4.12. The number of rotatable bonds is 5. The van der Waals surface area contributed by atoms with E-state index in [4.69, 9.17) is 32.7 Å². The van der Waals surface area contributed by atoms with Crippen LogP contribution in [0.5, 0.6) is 17.2 Å². The highest BCUT2D eigenvalue weighted by Crippen LogP contribution is 2.67. The van der Waals surface area contributed by atoms with Crippen LogP contribution in [0.1, 0.15) is 29.9 Å². The molecule has 0 spiro atoms. The number of phenolic OH excluding ortho intramolecular Hbond substituents is 1. The van der Waals surface area contributed by atoms with Crippen LogP contribution in [0.4, 0.5) is 0 Å². The summed E-state index contributed by atoms with van der Waals surface area (Å²) in [5, 5.41) is 10.3. The number of fused-ring (bicyclic) bond motifs is 4. The Labute approximate surface area is 246 Å². The number of methoxy groups -OCH3 is 2. The third-order valence-corrected chi connectivity index (χ3v) is 10.5. The Morgan fingerprint density at radius 2 is 1.59 bits per heavy atom. The summed E-state index contributed by atoms with van der Waals surface area (Å²) in [6.45, 7) is 0.127. The molecule has 2 aromatic rings. The molecule has 0 bridgehead atoms. The number of carbonyl (C=O) groups is 4. The molecule has 0 radical (unpaired) electrons. The molecule has 0 unspecified atom stereocenters. The maximum Gasteiger partial charge on any atom is 0.253 e. The summed E-state index contributed by atoms with van der Waals surface area (Å²) in [5.41, 5.74) is 1.74. The van der Waals surface area contributed by atoms with Gasteiger partial charge in [0.05, 0.1) is 32.6 Å². The number of phenols is 1. The van der Waals surface area contributed by atoms with E-state index < -0.39 is 45.2 Å². The largest absolute Gasteiger partial charge is 0.508 e. The Morgan fingerprint density at radius 1 is 0.951 bits per heavy atom. The molecule has 6 rings (SSSR count). The summed E-state index contributed by atoms with van der Waals surface area (Å²) in [6.07, 6.45) is 1.97. The zero-order valence-corrected chi connectivity index (χ0v) is 24.1. The van der Waals surface area contributed by atoms with Crippen molar-refractivity contribution < 1.29 is 33.8 Å². The van der Waals surface area contributed by atoms with Gasteiger partial charge in [0.25, 0.3) is 11.8 Å². The van der Waals surface area contributed by atoms with E-state index in [1.165, 1.54) is 38.3 Å². The fraction of sp³-hybridized carbons (Fsp3) is 0.400. The molecule has 214 valence electrons. The Hall–Kier alpha value is -3.56. The minimum Gasteiger partial charge on any atom is -0.508 e. The molecule has 4 aliphatic rings. The first-order valence-corrected chi connectivity index (χ1v) is 14.0. The van der Waals surface area contributed by atoms with Crippen LogP contribution in [0.25, 0.3) is 0 Å². The average Bonchev–Trinajstić information content (AvgIpc) is 3.28. The zero-order chi connectivity index (χ0) is 29.4. The summed E-state index contributed by atoms with van der Waals surface area (Å²) in [4.78, 5) is 53.3. The molecule has 41 heavy (non-hydrogen) atoms. The molecular weight excluding hydrogens is 571 g/mol. The summed E-state index contributed by atoms with van der Waals surface area (Å²) >= 11 is 14.5.